The molecule has 0 bridgehead atoms. The van der Waals surface area contributed by atoms with Gasteiger partial charge in [0.15, 0.2) is 0 Å². The molecule has 2 heteroatoms. The fourth-order valence-electron chi connectivity index (χ4n) is 0.550. The molecule has 0 spiro atoms. The van der Waals surface area contributed by atoms with Crippen molar-refractivity contribution >= 4 is 6.34 Å². The lowest BCUT2D eigenvalue weighted by molar-refractivity contribution is 0.479. The Labute approximate surface area is 51.2 Å². The van der Waals surface area contributed by atoms with E-state index in [1.807, 2.05) is 6.34 Å². The molecule has 0 N–H and O–H groups in total. The molecule has 0 aromatic heterocycles. The van der Waals surface area contributed by atoms with E-state index in [0.29, 0.717) is 0 Å². The molecule has 0 saturated carbocycles. The topological polar surface area (TPSA) is 15.6 Å². The summed E-state index contributed by atoms with van der Waals surface area (Å²) in [5.41, 5.74) is 0. The van der Waals surface area contributed by atoms with E-state index in [1.165, 1.54) is 0 Å². The van der Waals surface area contributed by atoms with Crippen molar-refractivity contribution in [1.29, 1.82) is 0 Å². The van der Waals surface area contributed by atoms with Crippen molar-refractivity contribution in [1.82, 2.24) is 4.90 Å². The average molecular weight is 114 g/mol. The van der Waals surface area contributed by atoms with Crippen LogP contribution in [0.1, 0.15) is 13.8 Å². The molecule has 0 aromatic rings. The van der Waals surface area contributed by atoms with E-state index in [9.17, 15) is 0 Å². The van der Waals surface area contributed by atoms with Gasteiger partial charge in [0, 0.05) is 20.1 Å². The minimum absolute atomic E-state index is 1.05. The maximum Gasteiger partial charge on any atom is 0.0846 e. The molecule has 0 rings (SSSR count). The van der Waals surface area contributed by atoms with Gasteiger partial charge in [-0.2, -0.15) is 0 Å². The summed E-state index contributed by atoms with van der Waals surface area (Å²) in [5.74, 6) is 0. The van der Waals surface area contributed by atoms with Crippen LogP contribution in [-0.2, 0) is 0 Å². The molecule has 2 nitrogen and oxygen atoms in total. The summed E-state index contributed by atoms with van der Waals surface area (Å²) in [7, 11) is 1.79. The lowest BCUT2D eigenvalue weighted by Gasteiger charge is -2.12. The van der Waals surface area contributed by atoms with Gasteiger partial charge in [-0.1, -0.05) is 0 Å². The Kier molecular flexibility index (Phi) is 4.32. The number of rotatable bonds is 3. The van der Waals surface area contributed by atoms with Gasteiger partial charge in [-0.05, 0) is 13.8 Å². The van der Waals surface area contributed by atoms with Gasteiger partial charge in [-0.3, -0.25) is 4.99 Å². The molecule has 8 heavy (non-hydrogen) atoms. The van der Waals surface area contributed by atoms with Gasteiger partial charge in [0.1, 0.15) is 0 Å². The van der Waals surface area contributed by atoms with Gasteiger partial charge in [0.2, 0.25) is 0 Å². The summed E-state index contributed by atoms with van der Waals surface area (Å²) in [6.07, 6.45) is 1.86. The molecule has 0 radical (unpaired) electrons. The minimum Gasteiger partial charge on any atom is -0.364 e. The number of hydrogen-bond acceptors (Lipinski definition) is 1. The van der Waals surface area contributed by atoms with E-state index in [-0.39, 0.29) is 0 Å². The Morgan fingerprint density at radius 2 is 1.88 bits per heavy atom. The largest absolute Gasteiger partial charge is 0.364 e. The van der Waals surface area contributed by atoms with E-state index >= 15 is 0 Å². The molecule has 0 aliphatic rings. The Balaban J connectivity index is 3.36. The monoisotopic (exact) mass is 114 g/mol. The third kappa shape index (κ3) is 2.61. The van der Waals surface area contributed by atoms with Crippen molar-refractivity contribution in [2.75, 3.05) is 20.1 Å². The molecular weight excluding hydrogens is 100 g/mol. The number of aliphatic imine (C=N–C) groups is 1. The molecule has 0 fully saturated rings. The van der Waals surface area contributed by atoms with Crippen LogP contribution in [0.5, 0.6) is 0 Å². The first-order chi connectivity index (χ1) is 3.85. The molecule has 0 saturated heterocycles. The molecule has 0 heterocycles. The number of hydrogen-bond donors (Lipinski definition) is 0. The van der Waals surface area contributed by atoms with Gasteiger partial charge in [0.05, 0.1) is 6.34 Å². The lowest BCUT2D eigenvalue weighted by Crippen LogP contribution is -2.20. The van der Waals surface area contributed by atoms with E-state index < -0.39 is 0 Å². The Hall–Kier alpha value is -0.530. The fourth-order valence-corrected chi connectivity index (χ4v) is 0.550. The normalized spacial score (nSPS) is 10.4. The number of nitrogens with zero attached hydrogens (tertiary/aromatic N) is 2. The van der Waals surface area contributed by atoms with Crippen LogP contribution in [0.4, 0.5) is 0 Å². The first-order valence-corrected chi connectivity index (χ1v) is 3.01. The van der Waals surface area contributed by atoms with Crippen LogP contribution in [-0.4, -0.2) is 31.4 Å². The van der Waals surface area contributed by atoms with Crippen molar-refractivity contribution < 1.29 is 0 Å². The quantitative estimate of drug-likeness (QED) is 0.394. The molecule has 0 aromatic carbocycles. The first-order valence-electron chi connectivity index (χ1n) is 3.01. The Bertz CT molecular complexity index is 64.9. The van der Waals surface area contributed by atoms with Crippen molar-refractivity contribution in [2.45, 2.75) is 13.8 Å². The smallest absolute Gasteiger partial charge is 0.0846 e. The van der Waals surface area contributed by atoms with Crippen LogP contribution >= 0.6 is 0 Å². The minimum atomic E-state index is 1.05. The highest BCUT2D eigenvalue weighted by Gasteiger charge is 1.86. The van der Waals surface area contributed by atoms with E-state index in [1.54, 1.807) is 7.05 Å². The van der Waals surface area contributed by atoms with Crippen LogP contribution in [0, 0.1) is 0 Å². The van der Waals surface area contributed by atoms with Crippen LogP contribution in [0.3, 0.4) is 0 Å². The maximum absolute atomic E-state index is 3.88. The molecule has 0 atom stereocenters. The highest BCUT2D eigenvalue weighted by Crippen LogP contribution is 1.78. The molecule has 0 aliphatic carbocycles. The van der Waals surface area contributed by atoms with E-state index in [0.717, 1.165) is 13.1 Å². The molecule has 0 unspecified atom stereocenters. The summed E-state index contributed by atoms with van der Waals surface area (Å²) in [5, 5.41) is 0. The lowest BCUT2D eigenvalue weighted by atomic mass is 10.6. The highest BCUT2D eigenvalue weighted by atomic mass is 15.1. The standard InChI is InChI=1S/C6H14N2/c1-4-8(5-2)6-7-3/h6H,4-5H2,1-3H3/b7-6-. The summed E-state index contributed by atoms with van der Waals surface area (Å²) in [6.45, 7) is 6.33. The van der Waals surface area contributed by atoms with Crippen LogP contribution < -0.4 is 0 Å². The second-order valence-electron chi connectivity index (χ2n) is 1.59. The summed E-state index contributed by atoms with van der Waals surface area (Å²) in [6, 6.07) is 0. The zero-order valence-electron chi connectivity index (χ0n) is 5.89. The van der Waals surface area contributed by atoms with Crippen molar-refractivity contribution in [3.8, 4) is 0 Å². The second kappa shape index (κ2) is 4.62. The zero-order valence-corrected chi connectivity index (χ0v) is 5.89. The van der Waals surface area contributed by atoms with Crippen molar-refractivity contribution in [3.63, 3.8) is 0 Å². The van der Waals surface area contributed by atoms with Gasteiger partial charge in [-0.25, -0.2) is 0 Å². The molecule has 0 aliphatic heterocycles. The SMILES string of the molecule is CCN(/C=N\C)CC. The predicted molar refractivity (Wildman–Crippen MR) is 37.3 cm³/mol. The Morgan fingerprint density at radius 1 is 1.38 bits per heavy atom. The van der Waals surface area contributed by atoms with Gasteiger partial charge in [-0.15, -0.1) is 0 Å². The van der Waals surface area contributed by atoms with Crippen molar-refractivity contribution in [2.24, 2.45) is 4.99 Å². The zero-order chi connectivity index (χ0) is 6.41. The first kappa shape index (κ1) is 7.47. The van der Waals surface area contributed by atoms with Crippen LogP contribution in [0.2, 0.25) is 0 Å². The summed E-state index contributed by atoms with van der Waals surface area (Å²) >= 11 is 0. The van der Waals surface area contributed by atoms with Crippen LogP contribution in [0.15, 0.2) is 4.99 Å². The highest BCUT2D eigenvalue weighted by molar-refractivity contribution is 5.54. The molecule has 0 amide bonds. The predicted octanol–water partition coefficient (Wildman–Crippen LogP) is 0.986. The van der Waals surface area contributed by atoms with Gasteiger partial charge in [0.25, 0.3) is 0 Å². The Morgan fingerprint density at radius 3 is 2.00 bits per heavy atom. The van der Waals surface area contributed by atoms with Crippen molar-refractivity contribution in [3.05, 3.63) is 0 Å². The maximum atomic E-state index is 3.88. The molecule has 48 valence electrons. The van der Waals surface area contributed by atoms with Gasteiger partial charge < -0.3 is 4.90 Å². The third-order valence-electron chi connectivity index (χ3n) is 1.09. The average Bonchev–Trinajstić information content (AvgIpc) is 1.83. The summed E-state index contributed by atoms with van der Waals surface area (Å²) in [4.78, 5) is 6.02. The molecular formula is C6H14N2. The fraction of sp³-hybridized carbons (Fsp3) is 0.833. The van der Waals surface area contributed by atoms with Crippen LogP contribution in [0.25, 0.3) is 0 Å². The summed E-state index contributed by atoms with van der Waals surface area (Å²) < 4.78 is 0. The van der Waals surface area contributed by atoms with E-state index in [4.69, 9.17) is 0 Å². The third-order valence-corrected chi connectivity index (χ3v) is 1.09. The van der Waals surface area contributed by atoms with Gasteiger partial charge >= 0.3 is 0 Å². The second-order valence-corrected chi connectivity index (χ2v) is 1.59. The van der Waals surface area contributed by atoms with E-state index in [2.05, 4.69) is 23.7 Å².